The number of nitrogens with one attached hydrogen (secondary N) is 1. The molecule has 0 radical (unpaired) electrons. The van der Waals surface area contributed by atoms with Crippen molar-refractivity contribution in [3.05, 3.63) is 53.3 Å². The molecule has 3 N–H and O–H groups in total. The predicted octanol–water partition coefficient (Wildman–Crippen LogP) is 2.59. The third-order valence-electron chi connectivity index (χ3n) is 3.23. The summed E-state index contributed by atoms with van der Waals surface area (Å²) in [6.07, 6.45) is 0.420. The molecule has 0 bridgehead atoms. The minimum Gasteiger partial charge on any atom is -0.506 e. The molecule has 2 aromatic carbocycles. The molecule has 122 valence electrons. The van der Waals surface area contributed by atoms with Gasteiger partial charge in [-0.25, -0.2) is 17.6 Å². The second kappa shape index (κ2) is 6.25. The number of sulfonamides is 1. The Morgan fingerprint density at radius 2 is 1.96 bits per heavy atom. The topological polar surface area (TPSA) is 104 Å². The first-order valence-corrected chi connectivity index (χ1v) is 8.11. The summed E-state index contributed by atoms with van der Waals surface area (Å²) >= 11 is 0. The number of hydrogen-bond acceptors (Lipinski definition) is 4. The molecule has 0 saturated heterocycles. The molecule has 8 heteroatoms. The molecule has 0 atom stereocenters. The van der Waals surface area contributed by atoms with E-state index in [1.165, 1.54) is 18.2 Å². The van der Waals surface area contributed by atoms with E-state index in [2.05, 4.69) is 0 Å². The fourth-order valence-corrected chi connectivity index (χ4v) is 3.15. The van der Waals surface area contributed by atoms with Gasteiger partial charge in [0.1, 0.15) is 11.4 Å². The van der Waals surface area contributed by atoms with E-state index < -0.39 is 33.2 Å². The van der Waals surface area contributed by atoms with Crippen LogP contribution in [0.2, 0.25) is 0 Å². The van der Waals surface area contributed by atoms with E-state index >= 15 is 0 Å². The van der Waals surface area contributed by atoms with Crippen molar-refractivity contribution >= 4 is 21.7 Å². The monoisotopic (exact) mass is 339 g/mol. The van der Waals surface area contributed by atoms with E-state index in [4.69, 9.17) is 5.11 Å². The number of aryl methyl sites for hydroxylation is 1. The average Bonchev–Trinajstić information content (AvgIpc) is 2.50. The lowest BCUT2D eigenvalue weighted by atomic mass is 10.1. The highest BCUT2D eigenvalue weighted by molar-refractivity contribution is 7.92. The zero-order valence-electron chi connectivity index (χ0n) is 12.1. The van der Waals surface area contributed by atoms with E-state index in [1.54, 1.807) is 6.92 Å². The number of rotatable bonds is 5. The van der Waals surface area contributed by atoms with Gasteiger partial charge >= 0.3 is 5.97 Å². The zero-order chi connectivity index (χ0) is 17.2. The fourth-order valence-electron chi connectivity index (χ4n) is 2.04. The van der Waals surface area contributed by atoms with E-state index in [0.717, 1.165) is 18.2 Å². The molecule has 0 aromatic heterocycles. The van der Waals surface area contributed by atoms with Gasteiger partial charge in [-0.15, -0.1) is 0 Å². The lowest BCUT2D eigenvalue weighted by Gasteiger charge is -2.12. The van der Waals surface area contributed by atoms with Crippen LogP contribution in [0, 0.1) is 5.82 Å². The number of hydrogen-bond donors (Lipinski definition) is 3. The second-order valence-electron chi connectivity index (χ2n) is 4.72. The Balaban J connectivity index is 2.48. The number of carbonyl (C=O) groups is 1. The molecule has 0 aliphatic heterocycles. The molecule has 0 saturated carbocycles. The van der Waals surface area contributed by atoms with Crippen LogP contribution < -0.4 is 4.72 Å². The number of para-hydroxylation sites is 1. The van der Waals surface area contributed by atoms with Crippen molar-refractivity contribution < 1.29 is 27.8 Å². The second-order valence-corrected chi connectivity index (χ2v) is 6.40. The van der Waals surface area contributed by atoms with E-state index in [1.807, 2.05) is 4.72 Å². The van der Waals surface area contributed by atoms with Crippen LogP contribution in [0.5, 0.6) is 5.75 Å². The van der Waals surface area contributed by atoms with Crippen molar-refractivity contribution in [3.63, 3.8) is 0 Å². The Labute approximate surface area is 132 Å². The molecule has 0 spiro atoms. The Morgan fingerprint density at radius 1 is 1.26 bits per heavy atom. The van der Waals surface area contributed by atoms with Crippen LogP contribution in [0.3, 0.4) is 0 Å². The van der Waals surface area contributed by atoms with Crippen molar-refractivity contribution in [2.45, 2.75) is 18.2 Å². The van der Waals surface area contributed by atoms with Crippen LogP contribution in [0.1, 0.15) is 22.8 Å². The van der Waals surface area contributed by atoms with Gasteiger partial charge in [-0.3, -0.25) is 4.72 Å². The van der Waals surface area contributed by atoms with Crippen molar-refractivity contribution in [2.75, 3.05) is 4.72 Å². The number of benzene rings is 2. The van der Waals surface area contributed by atoms with E-state index in [-0.39, 0.29) is 10.5 Å². The standard InChI is InChI=1S/C15H14FNO5S/c1-2-9-6-7-10(8-11(9)15(19)20)23(21,22)17-14-12(16)4-3-5-13(14)18/h3-8,17-18H,2H2,1H3,(H,19,20). The maximum Gasteiger partial charge on any atom is 0.336 e. The molecule has 0 unspecified atom stereocenters. The third-order valence-corrected chi connectivity index (χ3v) is 4.58. The molecule has 2 rings (SSSR count). The summed E-state index contributed by atoms with van der Waals surface area (Å²) in [4.78, 5) is 10.9. The average molecular weight is 339 g/mol. The van der Waals surface area contributed by atoms with Crippen LogP contribution in [-0.2, 0) is 16.4 Å². The van der Waals surface area contributed by atoms with E-state index in [9.17, 15) is 22.7 Å². The van der Waals surface area contributed by atoms with Crippen molar-refractivity contribution in [1.29, 1.82) is 0 Å². The molecule has 0 heterocycles. The Kier molecular flexibility index (Phi) is 4.55. The number of anilines is 1. The fraction of sp³-hybridized carbons (Fsp3) is 0.133. The van der Waals surface area contributed by atoms with Gasteiger partial charge in [0.2, 0.25) is 0 Å². The lowest BCUT2D eigenvalue weighted by Crippen LogP contribution is -2.15. The Hall–Kier alpha value is -2.61. The highest BCUT2D eigenvalue weighted by atomic mass is 32.2. The summed E-state index contributed by atoms with van der Waals surface area (Å²) in [5.74, 6) is -2.78. The van der Waals surface area contributed by atoms with Crippen LogP contribution in [0.15, 0.2) is 41.3 Å². The van der Waals surface area contributed by atoms with Crippen molar-refractivity contribution in [3.8, 4) is 5.75 Å². The maximum atomic E-state index is 13.6. The minimum absolute atomic E-state index is 0.145. The first-order valence-electron chi connectivity index (χ1n) is 6.62. The predicted molar refractivity (Wildman–Crippen MR) is 81.7 cm³/mol. The first kappa shape index (κ1) is 16.8. The highest BCUT2D eigenvalue weighted by Gasteiger charge is 2.21. The first-order chi connectivity index (χ1) is 10.8. The SMILES string of the molecule is CCc1ccc(S(=O)(=O)Nc2c(O)cccc2F)cc1C(=O)O. The summed E-state index contributed by atoms with van der Waals surface area (Å²) in [7, 11) is -4.25. The van der Waals surface area contributed by atoms with Crippen LogP contribution >= 0.6 is 0 Å². The van der Waals surface area contributed by atoms with Gasteiger partial charge < -0.3 is 10.2 Å². The molecule has 23 heavy (non-hydrogen) atoms. The number of phenolic OH excluding ortho intramolecular Hbond substituents is 1. The van der Waals surface area contributed by atoms with Gasteiger partial charge in [-0.2, -0.15) is 0 Å². The van der Waals surface area contributed by atoms with E-state index in [0.29, 0.717) is 12.0 Å². The Morgan fingerprint density at radius 3 is 2.52 bits per heavy atom. The van der Waals surface area contributed by atoms with Crippen molar-refractivity contribution in [2.24, 2.45) is 0 Å². The Bertz CT molecular complexity index is 844. The van der Waals surface area contributed by atoms with Crippen LogP contribution in [-0.4, -0.2) is 24.6 Å². The summed E-state index contributed by atoms with van der Waals surface area (Å²) < 4.78 is 40.2. The number of carboxylic acids is 1. The molecular weight excluding hydrogens is 325 g/mol. The number of aromatic hydroxyl groups is 1. The normalized spacial score (nSPS) is 11.2. The summed E-state index contributed by atoms with van der Waals surface area (Å²) in [5.41, 5.74) is -0.262. The number of halogens is 1. The molecule has 0 aliphatic carbocycles. The molecule has 2 aromatic rings. The zero-order valence-corrected chi connectivity index (χ0v) is 12.9. The largest absolute Gasteiger partial charge is 0.506 e. The van der Waals surface area contributed by atoms with Gasteiger partial charge in [0, 0.05) is 0 Å². The van der Waals surface area contributed by atoms with Crippen LogP contribution in [0.25, 0.3) is 0 Å². The molecule has 0 amide bonds. The molecule has 0 fully saturated rings. The number of phenols is 1. The molecule has 6 nitrogen and oxygen atoms in total. The number of aromatic carboxylic acids is 1. The highest BCUT2D eigenvalue weighted by Crippen LogP contribution is 2.29. The van der Waals surface area contributed by atoms with Gasteiger partial charge in [0.05, 0.1) is 10.5 Å². The quantitative estimate of drug-likeness (QED) is 0.727. The van der Waals surface area contributed by atoms with Crippen LogP contribution in [0.4, 0.5) is 10.1 Å². The maximum absolute atomic E-state index is 13.6. The summed E-state index contributed by atoms with van der Waals surface area (Å²) in [6.45, 7) is 1.74. The third kappa shape index (κ3) is 3.42. The van der Waals surface area contributed by atoms with Gasteiger partial charge in [-0.05, 0) is 36.2 Å². The summed E-state index contributed by atoms with van der Waals surface area (Å²) in [5, 5.41) is 18.7. The van der Waals surface area contributed by atoms with Gasteiger partial charge in [0.15, 0.2) is 5.82 Å². The minimum atomic E-state index is -4.25. The smallest absolute Gasteiger partial charge is 0.336 e. The van der Waals surface area contributed by atoms with Crippen molar-refractivity contribution in [1.82, 2.24) is 0 Å². The van der Waals surface area contributed by atoms with Gasteiger partial charge in [-0.1, -0.05) is 19.1 Å². The summed E-state index contributed by atoms with van der Waals surface area (Å²) in [6, 6.07) is 6.96. The molecule has 0 aliphatic rings. The molecular formula is C15H14FNO5S. The number of carboxylic acid groups (broad SMARTS) is 1. The lowest BCUT2D eigenvalue weighted by molar-refractivity contribution is 0.0695. The van der Waals surface area contributed by atoms with Gasteiger partial charge in [0.25, 0.3) is 10.0 Å².